The highest BCUT2D eigenvalue weighted by Gasteiger charge is 2.21. The molecule has 7 nitrogen and oxygen atoms in total. The zero-order chi connectivity index (χ0) is 18.3. The van der Waals surface area contributed by atoms with Crippen LogP contribution in [0.4, 0.5) is 0 Å². The lowest BCUT2D eigenvalue weighted by atomic mass is 10.2. The van der Waals surface area contributed by atoms with E-state index in [0.717, 1.165) is 12.1 Å². The van der Waals surface area contributed by atoms with E-state index in [4.69, 9.17) is 4.74 Å². The SMILES string of the molecule is CCN(CC)S(=O)(=O)c1ccc(CNC(=O)CC2COCCN2)cc1. The number of benzene rings is 1. The van der Waals surface area contributed by atoms with E-state index < -0.39 is 10.0 Å². The van der Waals surface area contributed by atoms with Crippen LogP contribution < -0.4 is 10.6 Å². The van der Waals surface area contributed by atoms with Gasteiger partial charge in [0, 0.05) is 38.6 Å². The lowest BCUT2D eigenvalue weighted by Gasteiger charge is -2.23. The van der Waals surface area contributed by atoms with Gasteiger partial charge in [0.15, 0.2) is 0 Å². The summed E-state index contributed by atoms with van der Waals surface area (Å²) in [6.45, 7) is 6.88. The van der Waals surface area contributed by atoms with E-state index in [9.17, 15) is 13.2 Å². The van der Waals surface area contributed by atoms with Gasteiger partial charge in [-0.05, 0) is 17.7 Å². The first-order valence-electron chi connectivity index (χ1n) is 8.64. The Bertz CT molecular complexity index is 651. The molecule has 8 heteroatoms. The Morgan fingerprint density at radius 2 is 1.96 bits per heavy atom. The fourth-order valence-corrected chi connectivity index (χ4v) is 4.20. The largest absolute Gasteiger partial charge is 0.378 e. The van der Waals surface area contributed by atoms with Crippen LogP contribution in [0.15, 0.2) is 29.2 Å². The second-order valence-electron chi connectivity index (χ2n) is 5.94. The summed E-state index contributed by atoms with van der Waals surface area (Å²) >= 11 is 0. The fraction of sp³-hybridized carbons (Fsp3) is 0.588. The molecule has 0 aliphatic carbocycles. The number of hydrogen-bond donors (Lipinski definition) is 2. The van der Waals surface area contributed by atoms with Crippen LogP contribution in [0.1, 0.15) is 25.8 Å². The highest BCUT2D eigenvalue weighted by atomic mass is 32.2. The Labute approximate surface area is 149 Å². The summed E-state index contributed by atoms with van der Waals surface area (Å²) in [4.78, 5) is 12.2. The molecule has 1 unspecified atom stereocenters. The molecule has 0 bridgehead atoms. The number of hydrogen-bond acceptors (Lipinski definition) is 5. The molecule has 0 aromatic heterocycles. The normalized spacial score (nSPS) is 18.3. The topological polar surface area (TPSA) is 87.7 Å². The van der Waals surface area contributed by atoms with Crippen LogP contribution >= 0.6 is 0 Å². The van der Waals surface area contributed by atoms with E-state index in [1.807, 2.05) is 13.8 Å². The van der Waals surface area contributed by atoms with Gasteiger partial charge in [-0.15, -0.1) is 0 Å². The van der Waals surface area contributed by atoms with Gasteiger partial charge in [0.05, 0.1) is 18.1 Å². The van der Waals surface area contributed by atoms with Crippen molar-refractivity contribution in [3.8, 4) is 0 Å². The van der Waals surface area contributed by atoms with E-state index in [1.54, 1.807) is 24.3 Å². The lowest BCUT2D eigenvalue weighted by Crippen LogP contribution is -2.44. The number of sulfonamides is 1. The smallest absolute Gasteiger partial charge is 0.243 e. The predicted molar refractivity (Wildman–Crippen MR) is 95.6 cm³/mol. The van der Waals surface area contributed by atoms with E-state index in [1.165, 1.54) is 4.31 Å². The molecule has 1 saturated heterocycles. The van der Waals surface area contributed by atoms with Gasteiger partial charge in [0.1, 0.15) is 0 Å². The molecule has 0 radical (unpaired) electrons. The number of nitrogens with zero attached hydrogens (tertiary/aromatic N) is 1. The number of carbonyl (C=O) groups excluding carboxylic acids is 1. The van der Waals surface area contributed by atoms with Crippen molar-refractivity contribution in [2.45, 2.75) is 37.8 Å². The lowest BCUT2D eigenvalue weighted by molar-refractivity contribution is -0.122. The van der Waals surface area contributed by atoms with Crippen molar-refractivity contribution in [3.05, 3.63) is 29.8 Å². The summed E-state index contributed by atoms with van der Waals surface area (Å²) in [5.41, 5.74) is 0.861. The van der Waals surface area contributed by atoms with Crippen LogP contribution in [0.5, 0.6) is 0 Å². The summed E-state index contributed by atoms with van der Waals surface area (Å²) in [5, 5.41) is 6.09. The van der Waals surface area contributed by atoms with E-state index >= 15 is 0 Å². The quantitative estimate of drug-likeness (QED) is 0.705. The number of nitrogens with one attached hydrogen (secondary N) is 2. The molecule has 1 atom stereocenters. The number of ether oxygens (including phenoxy) is 1. The first kappa shape index (κ1) is 19.8. The van der Waals surface area contributed by atoms with E-state index in [-0.39, 0.29) is 16.8 Å². The highest BCUT2D eigenvalue weighted by Crippen LogP contribution is 2.16. The Balaban J connectivity index is 1.88. The van der Waals surface area contributed by atoms with Gasteiger partial charge in [-0.25, -0.2) is 8.42 Å². The van der Waals surface area contributed by atoms with E-state index in [2.05, 4.69) is 10.6 Å². The maximum absolute atomic E-state index is 12.4. The molecule has 0 spiro atoms. The maximum Gasteiger partial charge on any atom is 0.243 e. The van der Waals surface area contributed by atoms with Crippen LogP contribution in [-0.4, -0.2) is 57.5 Å². The second kappa shape index (κ2) is 9.28. The predicted octanol–water partition coefficient (Wildman–Crippen LogP) is 0.712. The summed E-state index contributed by atoms with van der Waals surface area (Å²) in [5.74, 6) is -0.0529. The molecule has 1 aromatic carbocycles. The first-order valence-corrected chi connectivity index (χ1v) is 10.1. The molecule has 2 rings (SSSR count). The number of morpholine rings is 1. The van der Waals surface area contributed by atoms with Gasteiger partial charge >= 0.3 is 0 Å². The number of rotatable bonds is 8. The van der Waals surface area contributed by atoms with Gasteiger partial charge in [0.2, 0.25) is 15.9 Å². The standard InChI is InChI=1S/C17H27N3O4S/c1-3-20(4-2)25(22,23)16-7-5-14(6-8-16)12-19-17(21)11-15-13-24-10-9-18-15/h5-8,15,18H,3-4,9-13H2,1-2H3,(H,19,21). The molecule has 1 fully saturated rings. The zero-order valence-corrected chi connectivity index (χ0v) is 15.6. The van der Waals surface area contributed by atoms with Crippen molar-refractivity contribution < 1.29 is 17.9 Å². The van der Waals surface area contributed by atoms with Crippen molar-refractivity contribution in [3.63, 3.8) is 0 Å². The summed E-state index contributed by atoms with van der Waals surface area (Å²) in [7, 11) is -3.44. The zero-order valence-electron chi connectivity index (χ0n) is 14.8. The van der Waals surface area contributed by atoms with Crippen molar-refractivity contribution in [2.75, 3.05) is 32.8 Å². The maximum atomic E-state index is 12.4. The Hall–Kier alpha value is -1.48. The second-order valence-corrected chi connectivity index (χ2v) is 7.88. The molecule has 140 valence electrons. The molecular weight excluding hydrogens is 342 g/mol. The summed E-state index contributed by atoms with van der Waals surface area (Å²) in [6, 6.07) is 6.70. The molecule has 1 aliphatic rings. The van der Waals surface area contributed by atoms with Gasteiger partial charge in [-0.3, -0.25) is 4.79 Å². The van der Waals surface area contributed by atoms with Crippen LogP contribution in [0.2, 0.25) is 0 Å². The average molecular weight is 369 g/mol. The monoisotopic (exact) mass is 369 g/mol. The van der Waals surface area contributed by atoms with Crippen molar-refractivity contribution >= 4 is 15.9 Å². The molecule has 1 aliphatic heterocycles. The molecule has 1 heterocycles. The Morgan fingerprint density at radius 3 is 2.52 bits per heavy atom. The first-order chi connectivity index (χ1) is 12.0. The van der Waals surface area contributed by atoms with Gasteiger partial charge in [-0.1, -0.05) is 26.0 Å². The summed E-state index contributed by atoms with van der Waals surface area (Å²) in [6.07, 6.45) is 0.369. The summed E-state index contributed by atoms with van der Waals surface area (Å²) < 4.78 is 31.6. The Morgan fingerprint density at radius 1 is 1.28 bits per heavy atom. The average Bonchev–Trinajstić information content (AvgIpc) is 2.62. The van der Waals surface area contributed by atoms with Crippen LogP contribution in [0.25, 0.3) is 0 Å². The third kappa shape index (κ3) is 5.50. The van der Waals surface area contributed by atoms with Gasteiger partial charge < -0.3 is 15.4 Å². The molecule has 2 N–H and O–H groups in total. The van der Waals surface area contributed by atoms with Crippen molar-refractivity contribution in [2.24, 2.45) is 0 Å². The molecule has 25 heavy (non-hydrogen) atoms. The Kier molecular flexibility index (Phi) is 7.37. The van der Waals surface area contributed by atoms with Crippen LogP contribution in [0.3, 0.4) is 0 Å². The molecule has 1 amide bonds. The third-order valence-electron chi connectivity index (χ3n) is 4.19. The van der Waals surface area contributed by atoms with Crippen molar-refractivity contribution in [1.82, 2.24) is 14.9 Å². The molecule has 1 aromatic rings. The van der Waals surface area contributed by atoms with Gasteiger partial charge in [0.25, 0.3) is 0 Å². The fourth-order valence-electron chi connectivity index (χ4n) is 2.74. The minimum Gasteiger partial charge on any atom is -0.378 e. The van der Waals surface area contributed by atoms with Crippen LogP contribution in [0, 0.1) is 0 Å². The minimum absolute atomic E-state index is 0.0512. The van der Waals surface area contributed by atoms with E-state index in [0.29, 0.717) is 39.3 Å². The third-order valence-corrected chi connectivity index (χ3v) is 6.25. The number of carbonyl (C=O) groups is 1. The number of amides is 1. The molecule has 0 saturated carbocycles. The molecular formula is C17H27N3O4S. The van der Waals surface area contributed by atoms with Gasteiger partial charge in [-0.2, -0.15) is 4.31 Å². The highest BCUT2D eigenvalue weighted by molar-refractivity contribution is 7.89. The van der Waals surface area contributed by atoms with Crippen LogP contribution in [-0.2, 0) is 26.1 Å². The van der Waals surface area contributed by atoms with Crippen molar-refractivity contribution in [1.29, 1.82) is 0 Å². The minimum atomic E-state index is -3.44.